The number of hydrogen-bond acceptors (Lipinski definition) is 2. The fraction of sp³-hybridized carbons (Fsp3) is 0.176. The SMILES string of the molecule is Cc1ccc(NC(=O)Cn2c(C(F)(F)F)nc3ccccc32)c(Cl)c1. The molecule has 0 spiro atoms. The minimum absolute atomic E-state index is 0.177. The minimum atomic E-state index is -4.67. The number of aryl methyl sites for hydroxylation is 1. The zero-order valence-electron chi connectivity index (χ0n) is 13.1. The average molecular weight is 368 g/mol. The van der Waals surface area contributed by atoms with Crippen molar-refractivity contribution < 1.29 is 18.0 Å². The number of nitrogens with zero attached hydrogens (tertiary/aromatic N) is 2. The summed E-state index contributed by atoms with van der Waals surface area (Å²) in [4.78, 5) is 15.9. The second-order valence-corrected chi connectivity index (χ2v) is 5.95. The maximum Gasteiger partial charge on any atom is 0.449 e. The van der Waals surface area contributed by atoms with Crippen LogP contribution in [0.3, 0.4) is 0 Å². The highest BCUT2D eigenvalue weighted by Crippen LogP contribution is 2.31. The van der Waals surface area contributed by atoms with E-state index >= 15 is 0 Å². The van der Waals surface area contributed by atoms with Gasteiger partial charge in [-0.2, -0.15) is 13.2 Å². The van der Waals surface area contributed by atoms with Crippen LogP contribution in [-0.4, -0.2) is 15.5 Å². The van der Waals surface area contributed by atoms with E-state index in [1.54, 1.807) is 30.3 Å². The smallest absolute Gasteiger partial charge is 0.323 e. The number of halogens is 4. The minimum Gasteiger partial charge on any atom is -0.323 e. The predicted molar refractivity (Wildman–Crippen MR) is 89.6 cm³/mol. The number of benzene rings is 2. The van der Waals surface area contributed by atoms with E-state index in [-0.39, 0.29) is 11.0 Å². The summed E-state index contributed by atoms with van der Waals surface area (Å²) >= 11 is 6.04. The van der Waals surface area contributed by atoms with Gasteiger partial charge in [0.15, 0.2) is 0 Å². The van der Waals surface area contributed by atoms with Crippen LogP contribution in [0.15, 0.2) is 42.5 Å². The molecule has 0 aliphatic rings. The summed E-state index contributed by atoms with van der Waals surface area (Å²) in [6.45, 7) is 1.31. The van der Waals surface area contributed by atoms with Crippen LogP contribution in [0.2, 0.25) is 5.02 Å². The highest BCUT2D eigenvalue weighted by atomic mass is 35.5. The first-order valence-corrected chi connectivity index (χ1v) is 7.72. The molecule has 130 valence electrons. The average Bonchev–Trinajstić information content (AvgIpc) is 2.89. The predicted octanol–water partition coefficient (Wildman–Crippen LogP) is 4.66. The van der Waals surface area contributed by atoms with Crippen LogP contribution in [0.25, 0.3) is 11.0 Å². The van der Waals surface area contributed by atoms with Gasteiger partial charge in [0.1, 0.15) is 6.54 Å². The van der Waals surface area contributed by atoms with Crippen LogP contribution in [0, 0.1) is 6.92 Å². The van der Waals surface area contributed by atoms with E-state index in [1.807, 2.05) is 6.92 Å². The summed E-state index contributed by atoms with van der Waals surface area (Å²) < 4.78 is 40.6. The van der Waals surface area contributed by atoms with Gasteiger partial charge in [-0.1, -0.05) is 29.8 Å². The molecule has 8 heteroatoms. The van der Waals surface area contributed by atoms with Crippen molar-refractivity contribution in [1.29, 1.82) is 0 Å². The lowest BCUT2D eigenvalue weighted by molar-refractivity contribution is -0.147. The second-order valence-electron chi connectivity index (χ2n) is 5.54. The molecule has 2 aromatic carbocycles. The van der Waals surface area contributed by atoms with Crippen molar-refractivity contribution >= 4 is 34.2 Å². The number of carbonyl (C=O) groups is 1. The van der Waals surface area contributed by atoms with Crippen molar-refractivity contribution in [2.45, 2.75) is 19.6 Å². The largest absolute Gasteiger partial charge is 0.449 e. The Labute approximate surface area is 146 Å². The molecule has 3 rings (SSSR count). The first kappa shape index (κ1) is 17.3. The Morgan fingerprint density at radius 2 is 1.96 bits per heavy atom. The van der Waals surface area contributed by atoms with Gasteiger partial charge in [0.25, 0.3) is 0 Å². The van der Waals surface area contributed by atoms with Crippen molar-refractivity contribution in [3.63, 3.8) is 0 Å². The van der Waals surface area contributed by atoms with Gasteiger partial charge in [0, 0.05) is 0 Å². The van der Waals surface area contributed by atoms with Gasteiger partial charge < -0.3 is 9.88 Å². The molecule has 0 saturated carbocycles. The number of hydrogen-bond donors (Lipinski definition) is 1. The van der Waals surface area contributed by atoms with Gasteiger partial charge >= 0.3 is 6.18 Å². The Morgan fingerprint density at radius 3 is 2.64 bits per heavy atom. The van der Waals surface area contributed by atoms with Crippen molar-refractivity contribution in [2.24, 2.45) is 0 Å². The summed E-state index contributed by atoms with van der Waals surface area (Å²) in [7, 11) is 0. The molecule has 0 unspecified atom stereocenters. The molecule has 0 aliphatic carbocycles. The van der Waals surface area contributed by atoms with Crippen LogP contribution >= 0.6 is 11.6 Å². The number of amides is 1. The number of nitrogens with one attached hydrogen (secondary N) is 1. The Balaban J connectivity index is 1.93. The fourth-order valence-corrected chi connectivity index (χ4v) is 2.79. The van der Waals surface area contributed by atoms with Crippen LogP contribution in [0.4, 0.5) is 18.9 Å². The van der Waals surface area contributed by atoms with Crippen LogP contribution in [-0.2, 0) is 17.5 Å². The molecule has 1 heterocycles. The topological polar surface area (TPSA) is 46.9 Å². The standard InChI is InChI=1S/C17H13ClF3N3O/c1-10-6-7-12(11(18)8-10)22-15(25)9-24-14-5-3-2-4-13(14)23-16(24)17(19,20)21/h2-8H,9H2,1H3,(H,22,25). The third-order valence-electron chi connectivity index (χ3n) is 3.61. The summed E-state index contributed by atoms with van der Waals surface area (Å²) in [5, 5.41) is 2.85. The molecule has 0 aliphatic heterocycles. The number of carbonyl (C=O) groups excluding carboxylic acids is 1. The normalized spacial score (nSPS) is 11.7. The number of fused-ring (bicyclic) bond motifs is 1. The van der Waals surface area contributed by atoms with Gasteiger partial charge in [0.2, 0.25) is 11.7 Å². The lowest BCUT2D eigenvalue weighted by Crippen LogP contribution is -2.23. The molecule has 0 saturated heterocycles. The molecule has 0 bridgehead atoms. The summed E-state index contributed by atoms with van der Waals surface area (Å²) in [5.41, 5.74) is 1.66. The van der Waals surface area contributed by atoms with Gasteiger partial charge in [-0.3, -0.25) is 4.79 Å². The highest BCUT2D eigenvalue weighted by molar-refractivity contribution is 6.33. The first-order chi connectivity index (χ1) is 11.8. The number of anilines is 1. The van der Waals surface area contributed by atoms with Crippen LogP contribution in [0.1, 0.15) is 11.4 Å². The van der Waals surface area contributed by atoms with E-state index in [2.05, 4.69) is 10.3 Å². The van der Waals surface area contributed by atoms with E-state index in [0.29, 0.717) is 10.7 Å². The lowest BCUT2D eigenvalue weighted by atomic mass is 10.2. The fourth-order valence-electron chi connectivity index (χ4n) is 2.51. The Morgan fingerprint density at radius 1 is 1.24 bits per heavy atom. The number of rotatable bonds is 3. The highest BCUT2D eigenvalue weighted by Gasteiger charge is 2.38. The Kier molecular flexibility index (Phi) is 4.43. The first-order valence-electron chi connectivity index (χ1n) is 7.34. The lowest BCUT2D eigenvalue weighted by Gasteiger charge is -2.12. The molecule has 0 fully saturated rings. The molecule has 0 atom stereocenters. The van der Waals surface area contributed by atoms with Crippen LogP contribution in [0.5, 0.6) is 0 Å². The number of alkyl halides is 3. The summed E-state index contributed by atoms with van der Waals surface area (Å²) in [5.74, 6) is -1.74. The zero-order valence-corrected chi connectivity index (χ0v) is 13.8. The molecule has 1 aromatic heterocycles. The van der Waals surface area contributed by atoms with Gasteiger partial charge in [-0.05, 0) is 36.8 Å². The molecule has 25 heavy (non-hydrogen) atoms. The van der Waals surface area contributed by atoms with E-state index < -0.39 is 24.5 Å². The van der Waals surface area contributed by atoms with Gasteiger partial charge in [-0.25, -0.2) is 4.98 Å². The summed E-state index contributed by atoms with van der Waals surface area (Å²) in [6, 6.07) is 11.1. The van der Waals surface area contributed by atoms with E-state index in [0.717, 1.165) is 10.1 Å². The molecule has 1 amide bonds. The zero-order chi connectivity index (χ0) is 18.2. The maximum absolute atomic E-state index is 13.2. The molecular formula is C17H13ClF3N3O. The molecule has 4 nitrogen and oxygen atoms in total. The van der Waals surface area contributed by atoms with E-state index in [1.165, 1.54) is 12.1 Å². The quantitative estimate of drug-likeness (QED) is 0.732. The molecule has 0 radical (unpaired) electrons. The third kappa shape index (κ3) is 3.61. The van der Waals surface area contributed by atoms with Crippen molar-refractivity contribution in [1.82, 2.24) is 9.55 Å². The van der Waals surface area contributed by atoms with Crippen molar-refractivity contribution in [3.05, 3.63) is 58.9 Å². The van der Waals surface area contributed by atoms with Gasteiger partial charge in [-0.15, -0.1) is 0 Å². The number of para-hydroxylation sites is 2. The van der Waals surface area contributed by atoms with Crippen molar-refractivity contribution in [3.8, 4) is 0 Å². The molecule has 1 N–H and O–H groups in total. The monoisotopic (exact) mass is 367 g/mol. The maximum atomic E-state index is 13.2. The van der Waals surface area contributed by atoms with Crippen molar-refractivity contribution in [2.75, 3.05) is 5.32 Å². The molecule has 3 aromatic rings. The molecular weight excluding hydrogens is 355 g/mol. The third-order valence-corrected chi connectivity index (χ3v) is 3.92. The Hall–Kier alpha value is -2.54. The Bertz CT molecular complexity index is 950. The van der Waals surface area contributed by atoms with Crippen LogP contribution < -0.4 is 5.32 Å². The second kappa shape index (κ2) is 6.40. The van der Waals surface area contributed by atoms with E-state index in [9.17, 15) is 18.0 Å². The summed E-state index contributed by atoms with van der Waals surface area (Å²) in [6.07, 6.45) is -4.67. The number of aromatic nitrogens is 2. The van der Waals surface area contributed by atoms with Gasteiger partial charge in [0.05, 0.1) is 21.7 Å². The van der Waals surface area contributed by atoms with E-state index in [4.69, 9.17) is 11.6 Å². The number of imidazole rings is 1.